The molecule has 2 aromatic heterocycles. The van der Waals surface area contributed by atoms with E-state index in [1.54, 1.807) is 0 Å². The summed E-state index contributed by atoms with van der Waals surface area (Å²) in [5.41, 5.74) is 0.895. The molecule has 0 atom stereocenters. The molecule has 29 heavy (non-hydrogen) atoms. The average molecular weight is 393 g/mol. The lowest BCUT2D eigenvalue weighted by molar-refractivity contribution is 0.129. The molecule has 3 heterocycles. The zero-order valence-electron chi connectivity index (χ0n) is 16.9. The molecule has 1 N–H and O–H groups in total. The van der Waals surface area contributed by atoms with E-state index in [0.29, 0.717) is 0 Å². The van der Waals surface area contributed by atoms with E-state index < -0.39 is 0 Å². The summed E-state index contributed by atoms with van der Waals surface area (Å²) < 4.78 is 8.14. The smallest absolute Gasteiger partial charge is 0.193 e. The number of pyridine rings is 1. The summed E-state index contributed by atoms with van der Waals surface area (Å²) in [4.78, 5) is 6.78. The van der Waals surface area contributed by atoms with E-state index >= 15 is 0 Å². The molecule has 0 saturated carbocycles. The molecule has 3 aromatic rings. The quantitative estimate of drug-likeness (QED) is 0.397. The maximum absolute atomic E-state index is 6.09. The van der Waals surface area contributed by atoms with Gasteiger partial charge in [0.1, 0.15) is 17.7 Å². The van der Waals surface area contributed by atoms with E-state index in [-0.39, 0.29) is 6.10 Å². The van der Waals surface area contributed by atoms with E-state index in [1.807, 2.05) is 66.2 Å². The number of aliphatic imine (C=N–C) groups is 1. The first-order chi connectivity index (χ1) is 14.3. The van der Waals surface area contributed by atoms with Gasteiger partial charge in [0.05, 0.1) is 0 Å². The van der Waals surface area contributed by atoms with Crippen LogP contribution < -0.4 is 10.1 Å². The van der Waals surface area contributed by atoms with Crippen LogP contribution in [-0.4, -0.2) is 58.2 Å². The molecular weight excluding hydrogens is 364 g/mol. The number of aromatic nitrogens is 3. The number of para-hydroxylation sites is 1. The Morgan fingerprint density at radius 3 is 2.69 bits per heavy atom. The van der Waals surface area contributed by atoms with Gasteiger partial charge in [0.15, 0.2) is 11.6 Å². The molecule has 0 spiro atoms. The van der Waals surface area contributed by atoms with Gasteiger partial charge in [-0.2, -0.15) is 0 Å². The molecule has 1 saturated heterocycles. The molecule has 0 bridgehead atoms. The highest BCUT2D eigenvalue weighted by molar-refractivity contribution is 5.79. The number of piperidine rings is 1. The summed E-state index contributed by atoms with van der Waals surface area (Å²) >= 11 is 0. The van der Waals surface area contributed by atoms with E-state index in [1.165, 1.54) is 0 Å². The molecule has 152 valence electrons. The maximum Gasteiger partial charge on any atom is 0.193 e. The molecule has 1 aromatic carbocycles. The fraction of sp³-hybridized carbons (Fsp3) is 0.409. The van der Waals surface area contributed by atoms with Crippen molar-refractivity contribution in [3.63, 3.8) is 0 Å². The van der Waals surface area contributed by atoms with Crippen LogP contribution in [0.2, 0.25) is 0 Å². The standard InChI is InChI=1S/C22H28N6O/c1-23-22(24-14-7-11-21-26-25-20-10-5-6-15-28(20)21)27-16-12-19(13-17-27)29-18-8-3-2-4-9-18/h2-6,8-10,15,19H,7,11-14,16-17H2,1H3,(H,23,24). The van der Waals surface area contributed by atoms with Gasteiger partial charge in [-0.25, -0.2) is 0 Å². The summed E-state index contributed by atoms with van der Waals surface area (Å²) in [6, 6.07) is 16.0. The minimum atomic E-state index is 0.271. The maximum atomic E-state index is 6.09. The molecule has 0 amide bonds. The lowest BCUT2D eigenvalue weighted by Gasteiger charge is -2.34. The molecule has 0 aliphatic carbocycles. The van der Waals surface area contributed by atoms with E-state index in [9.17, 15) is 0 Å². The minimum Gasteiger partial charge on any atom is -0.490 e. The predicted molar refractivity (Wildman–Crippen MR) is 114 cm³/mol. The second kappa shape index (κ2) is 9.41. The largest absolute Gasteiger partial charge is 0.490 e. The first-order valence-electron chi connectivity index (χ1n) is 10.3. The van der Waals surface area contributed by atoms with Crippen molar-refractivity contribution in [1.29, 1.82) is 0 Å². The summed E-state index contributed by atoms with van der Waals surface area (Å²) in [6.07, 6.45) is 6.14. The second-order valence-electron chi connectivity index (χ2n) is 7.24. The van der Waals surface area contributed by atoms with Crippen LogP contribution in [0.25, 0.3) is 5.65 Å². The van der Waals surface area contributed by atoms with Crippen molar-refractivity contribution in [2.24, 2.45) is 4.99 Å². The molecule has 1 aliphatic rings. The number of nitrogens with one attached hydrogen (secondary N) is 1. The Balaban J connectivity index is 1.21. The van der Waals surface area contributed by atoms with Crippen LogP contribution in [-0.2, 0) is 6.42 Å². The number of hydrogen-bond acceptors (Lipinski definition) is 4. The fourth-order valence-corrected chi connectivity index (χ4v) is 3.72. The molecule has 7 heteroatoms. The van der Waals surface area contributed by atoms with Crippen LogP contribution in [0.1, 0.15) is 25.1 Å². The Bertz CT molecular complexity index is 931. The van der Waals surface area contributed by atoms with Crippen molar-refractivity contribution < 1.29 is 4.74 Å². The zero-order chi connectivity index (χ0) is 19.9. The number of likely N-dealkylation sites (tertiary alicyclic amines) is 1. The van der Waals surface area contributed by atoms with Gasteiger partial charge in [-0.3, -0.25) is 9.39 Å². The average Bonchev–Trinajstić information content (AvgIpc) is 3.18. The van der Waals surface area contributed by atoms with Crippen molar-refractivity contribution in [2.45, 2.75) is 31.8 Å². The number of benzene rings is 1. The molecular formula is C22H28N6O. The van der Waals surface area contributed by atoms with Gasteiger partial charge in [0.25, 0.3) is 0 Å². The minimum absolute atomic E-state index is 0.271. The van der Waals surface area contributed by atoms with E-state index in [4.69, 9.17) is 4.74 Å². The normalized spacial score (nSPS) is 15.6. The van der Waals surface area contributed by atoms with Gasteiger partial charge < -0.3 is 15.0 Å². The second-order valence-corrected chi connectivity index (χ2v) is 7.24. The number of nitrogens with zero attached hydrogens (tertiary/aromatic N) is 5. The van der Waals surface area contributed by atoms with Crippen LogP contribution in [0.4, 0.5) is 0 Å². The number of fused-ring (bicyclic) bond motifs is 1. The van der Waals surface area contributed by atoms with Gasteiger partial charge in [-0.05, 0) is 30.7 Å². The molecule has 0 unspecified atom stereocenters. The number of ether oxygens (including phenoxy) is 1. The molecule has 4 rings (SSSR count). The van der Waals surface area contributed by atoms with Gasteiger partial charge in [-0.1, -0.05) is 24.3 Å². The third-order valence-corrected chi connectivity index (χ3v) is 5.24. The van der Waals surface area contributed by atoms with Gasteiger partial charge in [0, 0.05) is 52.1 Å². The SMILES string of the molecule is CN=C(NCCCc1nnc2ccccn12)N1CCC(Oc2ccccc2)CC1. The third-order valence-electron chi connectivity index (χ3n) is 5.24. The van der Waals surface area contributed by atoms with Crippen LogP contribution in [0.15, 0.2) is 59.7 Å². The third kappa shape index (κ3) is 4.85. The van der Waals surface area contributed by atoms with Crippen molar-refractivity contribution >= 4 is 11.6 Å². The van der Waals surface area contributed by atoms with E-state index in [0.717, 1.165) is 68.5 Å². The summed E-state index contributed by atoms with van der Waals surface area (Å²) in [5.74, 6) is 2.92. The Morgan fingerprint density at radius 2 is 1.90 bits per heavy atom. The van der Waals surface area contributed by atoms with Crippen LogP contribution >= 0.6 is 0 Å². The van der Waals surface area contributed by atoms with Gasteiger partial charge in [0.2, 0.25) is 0 Å². The van der Waals surface area contributed by atoms with Crippen molar-refractivity contribution in [2.75, 3.05) is 26.7 Å². The van der Waals surface area contributed by atoms with Crippen LogP contribution in [0, 0.1) is 0 Å². The predicted octanol–water partition coefficient (Wildman–Crippen LogP) is 2.78. The highest BCUT2D eigenvalue weighted by Gasteiger charge is 2.22. The lowest BCUT2D eigenvalue weighted by Crippen LogP contribution is -2.47. The Hall–Kier alpha value is -3.09. The molecule has 1 fully saturated rings. The van der Waals surface area contributed by atoms with Crippen molar-refractivity contribution in [3.05, 3.63) is 60.6 Å². The highest BCUT2D eigenvalue weighted by atomic mass is 16.5. The van der Waals surface area contributed by atoms with Crippen LogP contribution in [0.3, 0.4) is 0 Å². The van der Waals surface area contributed by atoms with Crippen molar-refractivity contribution in [3.8, 4) is 5.75 Å². The molecule has 1 aliphatic heterocycles. The molecule has 0 radical (unpaired) electrons. The summed E-state index contributed by atoms with van der Waals surface area (Å²) in [7, 11) is 1.85. The number of aryl methyl sites for hydroxylation is 1. The Kier molecular flexibility index (Phi) is 6.24. The number of guanidine groups is 1. The van der Waals surface area contributed by atoms with Gasteiger partial charge >= 0.3 is 0 Å². The zero-order valence-corrected chi connectivity index (χ0v) is 16.9. The van der Waals surface area contributed by atoms with Crippen LogP contribution in [0.5, 0.6) is 5.75 Å². The molecule has 7 nitrogen and oxygen atoms in total. The van der Waals surface area contributed by atoms with E-state index in [2.05, 4.69) is 25.4 Å². The fourth-order valence-electron chi connectivity index (χ4n) is 3.72. The highest BCUT2D eigenvalue weighted by Crippen LogP contribution is 2.18. The van der Waals surface area contributed by atoms with Crippen molar-refractivity contribution in [1.82, 2.24) is 24.8 Å². The number of rotatable bonds is 6. The Morgan fingerprint density at radius 1 is 1.10 bits per heavy atom. The monoisotopic (exact) mass is 392 g/mol. The first kappa shape index (κ1) is 19.2. The number of hydrogen-bond donors (Lipinski definition) is 1. The van der Waals surface area contributed by atoms with Gasteiger partial charge in [-0.15, -0.1) is 10.2 Å². The Labute approximate surface area is 171 Å². The summed E-state index contributed by atoms with van der Waals surface area (Å²) in [5, 5.41) is 12.0. The first-order valence-corrected chi connectivity index (χ1v) is 10.3. The lowest BCUT2D eigenvalue weighted by atomic mass is 10.1. The topological polar surface area (TPSA) is 67.0 Å². The summed E-state index contributed by atoms with van der Waals surface area (Å²) in [6.45, 7) is 2.76.